The molecule has 16 heavy (non-hydrogen) atoms. The van der Waals surface area contributed by atoms with E-state index in [1.54, 1.807) is 13.0 Å². The van der Waals surface area contributed by atoms with Crippen molar-refractivity contribution in [3.8, 4) is 0 Å². The van der Waals surface area contributed by atoms with Crippen molar-refractivity contribution in [1.29, 1.82) is 0 Å². The number of hydrogen-bond acceptors (Lipinski definition) is 3. The van der Waals surface area contributed by atoms with Crippen molar-refractivity contribution in [2.24, 2.45) is 0 Å². The Bertz CT molecular complexity index is 375. The molecule has 90 valence electrons. The van der Waals surface area contributed by atoms with Gasteiger partial charge in [-0.3, -0.25) is 4.79 Å². The van der Waals surface area contributed by atoms with Crippen molar-refractivity contribution in [1.82, 2.24) is 5.32 Å². The highest BCUT2D eigenvalue weighted by Crippen LogP contribution is 2.27. The van der Waals surface area contributed by atoms with Gasteiger partial charge >= 0.3 is 0 Å². The average Bonchev–Trinajstić information content (AvgIpc) is 2.56. The number of rotatable bonds is 4. The first-order valence-electron chi connectivity index (χ1n) is 4.38. The van der Waals surface area contributed by atoms with Crippen molar-refractivity contribution < 1.29 is 18.7 Å². The van der Waals surface area contributed by atoms with Gasteiger partial charge in [-0.15, -0.1) is 11.3 Å². The van der Waals surface area contributed by atoms with Crippen LogP contribution in [0.1, 0.15) is 15.2 Å². The number of thiophene rings is 1. The van der Waals surface area contributed by atoms with E-state index in [1.807, 2.05) is 0 Å². The summed E-state index contributed by atoms with van der Waals surface area (Å²) >= 11 is 4.42. The molecule has 0 aromatic carbocycles. The van der Waals surface area contributed by atoms with E-state index in [9.17, 15) is 13.6 Å². The van der Waals surface area contributed by atoms with Crippen LogP contribution in [0.25, 0.3) is 0 Å². The first-order chi connectivity index (χ1) is 7.35. The summed E-state index contributed by atoms with van der Waals surface area (Å²) in [7, 11) is 0. The number of alkyl halides is 2. The van der Waals surface area contributed by atoms with Gasteiger partial charge in [0.05, 0.1) is 15.2 Å². The van der Waals surface area contributed by atoms with Crippen molar-refractivity contribution in [2.45, 2.75) is 12.8 Å². The number of aliphatic hydroxyl groups is 1. The fourth-order valence-electron chi connectivity index (χ4n) is 0.924. The van der Waals surface area contributed by atoms with Crippen LogP contribution >= 0.6 is 27.3 Å². The Hall–Kier alpha value is -0.530. The topological polar surface area (TPSA) is 49.3 Å². The first kappa shape index (κ1) is 13.5. The molecule has 1 heterocycles. The van der Waals surface area contributed by atoms with Crippen molar-refractivity contribution >= 4 is 33.2 Å². The van der Waals surface area contributed by atoms with E-state index in [1.165, 1.54) is 11.3 Å². The third kappa shape index (κ3) is 3.50. The second kappa shape index (κ2) is 5.20. The van der Waals surface area contributed by atoms with E-state index >= 15 is 0 Å². The molecule has 0 saturated heterocycles. The normalized spacial score (nSPS) is 11.6. The van der Waals surface area contributed by atoms with Crippen molar-refractivity contribution in [3.05, 3.63) is 20.3 Å². The van der Waals surface area contributed by atoms with Gasteiger partial charge in [0, 0.05) is 0 Å². The lowest BCUT2D eigenvalue weighted by molar-refractivity contribution is -0.0461. The molecule has 7 heteroatoms. The number of carbonyl (C=O) groups excluding carboxylic acids is 1. The molecule has 0 spiro atoms. The Labute approximate surface area is 104 Å². The van der Waals surface area contributed by atoms with Crippen LogP contribution in [0.15, 0.2) is 9.85 Å². The maximum atomic E-state index is 12.6. The second-order valence-corrected chi connectivity index (χ2v) is 5.63. The molecular weight excluding hydrogens is 304 g/mol. The Morgan fingerprint density at radius 1 is 1.69 bits per heavy atom. The molecule has 0 bridgehead atoms. The van der Waals surface area contributed by atoms with E-state index in [4.69, 9.17) is 5.11 Å². The number of amides is 1. The average molecular weight is 314 g/mol. The first-order valence-corrected chi connectivity index (χ1v) is 5.99. The molecule has 2 N–H and O–H groups in total. The van der Waals surface area contributed by atoms with Gasteiger partial charge in [0.2, 0.25) is 0 Å². The lowest BCUT2D eigenvalue weighted by Gasteiger charge is -2.13. The van der Waals surface area contributed by atoms with Crippen LogP contribution in [0.3, 0.4) is 0 Å². The van der Waals surface area contributed by atoms with Crippen LogP contribution in [-0.2, 0) is 0 Å². The number of nitrogens with one attached hydrogen (secondary N) is 1. The summed E-state index contributed by atoms with van der Waals surface area (Å²) in [6.07, 6.45) is 0. The predicted molar refractivity (Wildman–Crippen MR) is 61.1 cm³/mol. The zero-order chi connectivity index (χ0) is 12.3. The van der Waals surface area contributed by atoms with Crippen LogP contribution in [0, 0.1) is 6.92 Å². The van der Waals surface area contributed by atoms with E-state index in [-0.39, 0.29) is 0 Å². The molecule has 0 atom stereocenters. The molecule has 0 aliphatic carbocycles. The quantitative estimate of drug-likeness (QED) is 0.895. The van der Waals surface area contributed by atoms with Crippen LogP contribution in [0.2, 0.25) is 0 Å². The van der Waals surface area contributed by atoms with E-state index in [2.05, 4.69) is 21.2 Å². The lowest BCUT2D eigenvalue weighted by Crippen LogP contribution is -2.38. The van der Waals surface area contributed by atoms with E-state index in [0.717, 1.165) is 9.35 Å². The molecule has 0 radical (unpaired) electrons. The largest absolute Gasteiger partial charge is 0.390 e. The fraction of sp³-hybridized carbons (Fsp3) is 0.444. The zero-order valence-electron chi connectivity index (χ0n) is 8.39. The third-order valence-corrected chi connectivity index (χ3v) is 3.96. The lowest BCUT2D eigenvalue weighted by atomic mass is 10.3. The summed E-state index contributed by atoms with van der Waals surface area (Å²) < 4.78 is 26.1. The van der Waals surface area contributed by atoms with Gasteiger partial charge in [-0.2, -0.15) is 0 Å². The Balaban J connectivity index is 2.60. The molecule has 0 saturated carbocycles. The van der Waals surface area contributed by atoms with Crippen LogP contribution < -0.4 is 5.32 Å². The number of aliphatic hydroxyl groups excluding tert-OH is 1. The van der Waals surface area contributed by atoms with Gasteiger partial charge in [-0.25, -0.2) is 8.78 Å². The maximum absolute atomic E-state index is 12.6. The Morgan fingerprint density at radius 2 is 2.31 bits per heavy atom. The smallest absolute Gasteiger partial charge is 0.287 e. The predicted octanol–water partition coefficient (Wildman–Crippen LogP) is 2.18. The van der Waals surface area contributed by atoms with Crippen LogP contribution in [-0.4, -0.2) is 30.1 Å². The minimum atomic E-state index is -3.28. The van der Waals surface area contributed by atoms with Gasteiger partial charge in [0.25, 0.3) is 11.8 Å². The third-order valence-electron chi connectivity index (χ3n) is 1.82. The molecule has 1 rings (SSSR count). The van der Waals surface area contributed by atoms with E-state index in [0.29, 0.717) is 4.88 Å². The summed E-state index contributed by atoms with van der Waals surface area (Å²) in [5, 5.41) is 10.4. The molecular formula is C9H10BrF2NO2S. The monoisotopic (exact) mass is 313 g/mol. The number of hydrogen-bond donors (Lipinski definition) is 2. The number of halogens is 3. The minimum Gasteiger partial charge on any atom is -0.390 e. The molecule has 0 aliphatic heterocycles. The Morgan fingerprint density at radius 3 is 2.75 bits per heavy atom. The van der Waals surface area contributed by atoms with Gasteiger partial charge in [-0.1, -0.05) is 0 Å². The molecule has 0 unspecified atom stereocenters. The SMILES string of the molecule is Cc1cc(C(=O)NCC(F)(F)CO)sc1Br. The van der Waals surface area contributed by atoms with Crippen molar-refractivity contribution in [2.75, 3.05) is 13.2 Å². The Kier molecular flexibility index (Phi) is 4.40. The highest BCUT2D eigenvalue weighted by Gasteiger charge is 2.28. The molecule has 1 aromatic heterocycles. The molecule has 0 aliphatic rings. The summed E-state index contributed by atoms with van der Waals surface area (Å²) in [6.45, 7) is -0.336. The highest BCUT2D eigenvalue weighted by atomic mass is 79.9. The fourth-order valence-corrected chi connectivity index (χ4v) is 2.38. The van der Waals surface area contributed by atoms with Crippen LogP contribution in [0.5, 0.6) is 0 Å². The highest BCUT2D eigenvalue weighted by molar-refractivity contribution is 9.11. The van der Waals surface area contributed by atoms with Gasteiger partial charge in [0.1, 0.15) is 6.61 Å². The van der Waals surface area contributed by atoms with E-state index < -0.39 is 25.0 Å². The maximum Gasteiger partial charge on any atom is 0.287 e. The second-order valence-electron chi connectivity index (χ2n) is 3.26. The summed E-state index contributed by atoms with van der Waals surface area (Å²) in [5.74, 6) is -3.84. The summed E-state index contributed by atoms with van der Waals surface area (Å²) in [6, 6.07) is 1.61. The summed E-state index contributed by atoms with van der Waals surface area (Å²) in [4.78, 5) is 11.8. The number of aryl methyl sites for hydroxylation is 1. The molecule has 1 amide bonds. The van der Waals surface area contributed by atoms with Crippen molar-refractivity contribution in [3.63, 3.8) is 0 Å². The minimum absolute atomic E-state index is 0.359. The zero-order valence-corrected chi connectivity index (χ0v) is 10.8. The molecule has 1 aromatic rings. The van der Waals surface area contributed by atoms with Crippen LogP contribution in [0.4, 0.5) is 8.78 Å². The number of carbonyl (C=O) groups is 1. The summed E-state index contributed by atoms with van der Waals surface area (Å²) in [5.41, 5.74) is 0.879. The van der Waals surface area contributed by atoms with Gasteiger partial charge in [0.15, 0.2) is 0 Å². The molecule has 3 nitrogen and oxygen atoms in total. The van der Waals surface area contributed by atoms with Gasteiger partial charge in [-0.05, 0) is 34.5 Å². The standard InChI is InChI=1S/C9H10BrF2NO2S/c1-5-2-6(16-7(5)10)8(15)13-3-9(11,12)4-14/h2,14H,3-4H2,1H3,(H,13,15). The molecule has 0 fully saturated rings. The van der Waals surface area contributed by atoms with Gasteiger partial charge < -0.3 is 10.4 Å².